The lowest BCUT2D eigenvalue weighted by atomic mass is 10.1. The van der Waals surface area contributed by atoms with Crippen molar-refractivity contribution in [2.24, 2.45) is 0 Å². The van der Waals surface area contributed by atoms with E-state index in [1.54, 1.807) is 42.1 Å². The molecule has 1 aromatic carbocycles. The van der Waals surface area contributed by atoms with Crippen molar-refractivity contribution in [3.8, 4) is 0 Å². The average molecular weight is 359 g/mol. The maximum Gasteiger partial charge on any atom is 0.336 e. The van der Waals surface area contributed by atoms with Gasteiger partial charge in [-0.1, -0.05) is 25.1 Å². The molecule has 1 aromatic heterocycles. The Kier molecular flexibility index (Phi) is 6.53. The molecule has 0 radical (unpaired) electrons. The van der Waals surface area contributed by atoms with E-state index in [4.69, 9.17) is 5.11 Å². The van der Waals surface area contributed by atoms with Crippen LogP contribution in [0.15, 0.2) is 47.6 Å². The molecule has 0 saturated heterocycles. The predicted octanol–water partition coefficient (Wildman–Crippen LogP) is 2.15. The van der Waals surface area contributed by atoms with Crippen molar-refractivity contribution in [3.63, 3.8) is 0 Å². The second-order valence-corrected chi connectivity index (χ2v) is 6.20. The molecule has 0 unspecified atom stereocenters. The van der Waals surface area contributed by atoms with Crippen molar-refractivity contribution >= 4 is 35.2 Å². The number of nitrogens with zero attached hydrogens (tertiary/aromatic N) is 1. The zero-order chi connectivity index (χ0) is 18.2. The average Bonchev–Trinajstić information content (AvgIpc) is 2.61. The number of rotatable bonds is 6. The first-order valence-corrected chi connectivity index (χ1v) is 8.49. The molecule has 0 saturated carbocycles. The quantitative estimate of drug-likeness (QED) is 0.539. The van der Waals surface area contributed by atoms with E-state index in [2.05, 4.69) is 15.6 Å². The minimum absolute atomic E-state index is 0.0565. The standard InChI is InChI=1S/C17H17N3O4S/c1-2-25-14-8-7-12(10-18-14)20-16(22)15(21)19-9-11-5-3-4-6-13(11)17(23)24/h3-8,10H,2,9H2,1H3,(H,19,21)(H,20,22)(H,23,24). The molecule has 0 spiro atoms. The Morgan fingerprint density at radius 1 is 1.12 bits per heavy atom. The van der Waals surface area contributed by atoms with Gasteiger partial charge in [-0.2, -0.15) is 0 Å². The summed E-state index contributed by atoms with van der Waals surface area (Å²) in [5, 5.41) is 14.8. The topological polar surface area (TPSA) is 108 Å². The fraction of sp³-hybridized carbons (Fsp3) is 0.176. The Morgan fingerprint density at radius 3 is 2.52 bits per heavy atom. The SMILES string of the molecule is CCSc1ccc(NC(=O)C(=O)NCc2ccccc2C(=O)O)cn1. The van der Waals surface area contributed by atoms with Crippen LogP contribution in [0.1, 0.15) is 22.8 Å². The van der Waals surface area contributed by atoms with Crippen LogP contribution in [0.2, 0.25) is 0 Å². The summed E-state index contributed by atoms with van der Waals surface area (Å²) in [4.78, 5) is 39.0. The summed E-state index contributed by atoms with van der Waals surface area (Å²) in [6, 6.07) is 9.69. The monoisotopic (exact) mass is 359 g/mol. The lowest BCUT2D eigenvalue weighted by molar-refractivity contribution is -0.136. The van der Waals surface area contributed by atoms with Gasteiger partial charge in [0.2, 0.25) is 0 Å². The maximum atomic E-state index is 11.9. The molecule has 0 atom stereocenters. The highest BCUT2D eigenvalue weighted by atomic mass is 32.2. The molecule has 130 valence electrons. The number of carbonyl (C=O) groups is 3. The van der Waals surface area contributed by atoms with E-state index in [-0.39, 0.29) is 12.1 Å². The first kappa shape index (κ1) is 18.5. The predicted molar refractivity (Wildman–Crippen MR) is 94.5 cm³/mol. The molecule has 2 rings (SSSR count). The molecular formula is C17H17N3O4S. The fourth-order valence-corrected chi connectivity index (χ4v) is 2.60. The van der Waals surface area contributed by atoms with Crippen LogP contribution < -0.4 is 10.6 Å². The highest BCUT2D eigenvalue weighted by Gasteiger charge is 2.15. The van der Waals surface area contributed by atoms with E-state index < -0.39 is 17.8 Å². The Bertz CT molecular complexity index is 778. The summed E-state index contributed by atoms with van der Waals surface area (Å²) in [5.74, 6) is -1.90. The van der Waals surface area contributed by atoms with Gasteiger partial charge in [-0.25, -0.2) is 9.78 Å². The summed E-state index contributed by atoms with van der Waals surface area (Å²) in [6.45, 7) is 1.95. The molecule has 2 aromatic rings. The number of carbonyl (C=O) groups excluding carboxylic acids is 2. The number of thioether (sulfide) groups is 1. The van der Waals surface area contributed by atoms with Gasteiger partial charge < -0.3 is 15.7 Å². The molecule has 0 aliphatic heterocycles. The van der Waals surface area contributed by atoms with Crippen molar-refractivity contribution in [2.45, 2.75) is 18.5 Å². The second kappa shape index (κ2) is 8.84. The molecule has 0 aliphatic rings. The largest absolute Gasteiger partial charge is 0.478 e. The molecule has 7 nitrogen and oxygen atoms in total. The number of hydrogen-bond acceptors (Lipinski definition) is 5. The maximum absolute atomic E-state index is 11.9. The molecule has 0 aliphatic carbocycles. The molecule has 0 fully saturated rings. The van der Waals surface area contributed by atoms with Crippen molar-refractivity contribution in [1.29, 1.82) is 0 Å². The van der Waals surface area contributed by atoms with E-state index in [9.17, 15) is 14.4 Å². The number of pyridine rings is 1. The fourth-order valence-electron chi connectivity index (χ4n) is 2.01. The number of hydrogen-bond donors (Lipinski definition) is 3. The van der Waals surface area contributed by atoms with Gasteiger partial charge in [0.15, 0.2) is 0 Å². The van der Waals surface area contributed by atoms with Crippen LogP contribution in [-0.4, -0.2) is 33.6 Å². The zero-order valence-electron chi connectivity index (χ0n) is 13.5. The van der Waals surface area contributed by atoms with Gasteiger partial charge in [-0.3, -0.25) is 9.59 Å². The smallest absolute Gasteiger partial charge is 0.336 e. The number of nitrogens with one attached hydrogen (secondary N) is 2. The van der Waals surface area contributed by atoms with Gasteiger partial charge >= 0.3 is 17.8 Å². The molecular weight excluding hydrogens is 342 g/mol. The molecule has 2 amide bonds. The zero-order valence-corrected chi connectivity index (χ0v) is 14.3. The molecule has 25 heavy (non-hydrogen) atoms. The number of amides is 2. The van der Waals surface area contributed by atoms with E-state index in [1.165, 1.54) is 12.3 Å². The summed E-state index contributed by atoms with van der Waals surface area (Å²) in [7, 11) is 0. The van der Waals surface area contributed by atoms with Gasteiger partial charge in [0.1, 0.15) is 0 Å². The lowest BCUT2D eigenvalue weighted by Crippen LogP contribution is -2.35. The van der Waals surface area contributed by atoms with Gasteiger partial charge in [0.25, 0.3) is 0 Å². The van der Waals surface area contributed by atoms with Crippen LogP contribution in [0.4, 0.5) is 5.69 Å². The number of aromatic nitrogens is 1. The summed E-state index contributed by atoms with van der Waals surface area (Å²) in [6.07, 6.45) is 1.48. The lowest BCUT2D eigenvalue weighted by Gasteiger charge is -2.08. The molecule has 0 bridgehead atoms. The number of anilines is 1. The number of carboxylic acid groups (broad SMARTS) is 1. The first-order chi connectivity index (χ1) is 12.0. The van der Waals surface area contributed by atoms with Crippen LogP contribution in [0.25, 0.3) is 0 Å². The highest BCUT2D eigenvalue weighted by Crippen LogP contribution is 2.16. The molecule has 3 N–H and O–H groups in total. The van der Waals surface area contributed by atoms with E-state index in [0.29, 0.717) is 11.3 Å². The normalized spacial score (nSPS) is 10.1. The van der Waals surface area contributed by atoms with Crippen LogP contribution in [0, 0.1) is 0 Å². The van der Waals surface area contributed by atoms with Crippen molar-refractivity contribution in [3.05, 3.63) is 53.7 Å². The number of aromatic carboxylic acids is 1. The highest BCUT2D eigenvalue weighted by molar-refractivity contribution is 7.99. The van der Waals surface area contributed by atoms with E-state index in [1.807, 2.05) is 6.92 Å². The third-order valence-corrected chi connectivity index (χ3v) is 4.01. The minimum atomic E-state index is -1.09. The minimum Gasteiger partial charge on any atom is -0.478 e. The van der Waals surface area contributed by atoms with Crippen LogP contribution >= 0.6 is 11.8 Å². The number of carboxylic acids is 1. The van der Waals surface area contributed by atoms with Crippen molar-refractivity contribution < 1.29 is 19.5 Å². The van der Waals surface area contributed by atoms with Crippen molar-refractivity contribution in [1.82, 2.24) is 10.3 Å². The molecule has 1 heterocycles. The van der Waals surface area contributed by atoms with Crippen molar-refractivity contribution in [2.75, 3.05) is 11.1 Å². The third kappa shape index (κ3) is 5.32. The summed E-state index contributed by atoms with van der Waals surface area (Å²) in [5.41, 5.74) is 0.904. The Morgan fingerprint density at radius 2 is 1.88 bits per heavy atom. The van der Waals surface area contributed by atoms with Crippen LogP contribution in [0.5, 0.6) is 0 Å². The van der Waals surface area contributed by atoms with Gasteiger partial charge in [-0.15, -0.1) is 11.8 Å². The first-order valence-electron chi connectivity index (χ1n) is 7.50. The summed E-state index contributed by atoms with van der Waals surface area (Å²) < 4.78 is 0. The van der Waals surface area contributed by atoms with Crippen LogP contribution in [0.3, 0.4) is 0 Å². The van der Waals surface area contributed by atoms with Gasteiger partial charge in [0, 0.05) is 6.54 Å². The van der Waals surface area contributed by atoms with Gasteiger partial charge in [-0.05, 0) is 29.5 Å². The Labute approximate surface area is 148 Å². The van der Waals surface area contributed by atoms with Crippen LogP contribution in [-0.2, 0) is 16.1 Å². The molecule has 8 heteroatoms. The van der Waals surface area contributed by atoms with E-state index >= 15 is 0 Å². The second-order valence-electron chi connectivity index (χ2n) is 4.92. The number of benzene rings is 1. The third-order valence-electron chi connectivity index (χ3n) is 3.18. The Hall–Kier alpha value is -2.87. The Balaban J connectivity index is 1.92. The van der Waals surface area contributed by atoms with E-state index in [0.717, 1.165) is 10.8 Å². The summed E-state index contributed by atoms with van der Waals surface area (Å²) >= 11 is 1.57. The van der Waals surface area contributed by atoms with Gasteiger partial charge in [0.05, 0.1) is 22.5 Å².